The summed E-state index contributed by atoms with van der Waals surface area (Å²) in [6.45, 7) is 4.00. The van der Waals surface area contributed by atoms with Gasteiger partial charge in [-0.3, -0.25) is 10.1 Å². The number of hydrogen-bond donors (Lipinski definition) is 1. The lowest BCUT2D eigenvalue weighted by molar-refractivity contribution is -0.384. The minimum atomic E-state index is -0.481. The van der Waals surface area contributed by atoms with Gasteiger partial charge >= 0.3 is 0 Å². The minimum absolute atomic E-state index is 0.000926. The van der Waals surface area contributed by atoms with Crippen LogP contribution in [0, 0.1) is 10.1 Å². The number of nitro benzene ring substituents is 1. The summed E-state index contributed by atoms with van der Waals surface area (Å²) >= 11 is 5.71. The fraction of sp³-hybridized carbons (Fsp3) is 0.333. The van der Waals surface area contributed by atoms with Crippen LogP contribution < -0.4 is 5.32 Å². The maximum absolute atomic E-state index is 10.3. The van der Waals surface area contributed by atoms with E-state index in [-0.39, 0.29) is 5.69 Å². The highest BCUT2D eigenvalue weighted by Gasteiger charge is 2.07. The van der Waals surface area contributed by atoms with Crippen molar-refractivity contribution in [3.63, 3.8) is 0 Å². The molecule has 0 aliphatic heterocycles. The summed E-state index contributed by atoms with van der Waals surface area (Å²) in [6, 6.07) is 4.28. The first-order chi connectivity index (χ1) is 6.65. The molecule has 0 saturated carbocycles. The van der Waals surface area contributed by atoms with Crippen LogP contribution in [0.15, 0.2) is 18.2 Å². The van der Waals surface area contributed by atoms with Crippen molar-refractivity contribution in [1.29, 1.82) is 0 Å². The van der Waals surface area contributed by atoms with Crippen LogP contribution in [0.3, 0.4) is 0 Å². The van der Waals surface area contributed by atoms with E-state index in [9.17, 15) is 10.1 Å². The number of nitrogens with zero attached hydrogens (tertiary/aromatic N) is 1. The number of nitrogens with one attached hydrogen (secondary N) is 1. The van der Waals surface area contributed by atoms with Crippen LogP contribution >= 0.6 is 11.6 Å². The van der Waals surface area contributed by atoms with Crippen LogP contribution in [0.1, 0.15) is 13.8 Å². The zero-order valence-electron chi connectivity index (χ0n) is 8.37. The largest absolute Gasteiger partial charge is 0.387 e. The third kappa shape index (κ3) is 3.22. The average Bonchev–Trinajstić information content (AvgIpc) is 2.20. The molecule has 1 aromatic rings. The van der Waals surface area contributed by atoms with Crippen molar-refractivity contribution in [2.45, 2.75) is 13.8 Å². The molecule has 0 fully saturated rings. The highest BCUT2D eigenvalue weighted by Crippen LogP contribution is 2.25. The van der Waals surface area contributed by atoms with Crippen molar-refractivity contribution < 1.29 is 4.92 Å². The summed E-state index contributed by atoms with van der Waals surface area (Å²) in [5, 5.41) is 13.4. The van der Waals surface area contributed by atoms with Crippen molar-refractivity contribution in [3.05, 3.63) is 33.3 Å². The Morgan fingerprint density at radius 2 is 2.00 bits per heavy atom. The van der Waals surface area contributed by atoms with Crippen LogP contribution in [-0.2, 0) is 0 Å². The van der Waals surface area contributed by atoms with Crippen LogP contribution in [0.5, 0.6) is 0 Å². The van der Waals surface area contributed by atoms with Crippen molar-refractivity contribution >= 4 is 23.0 Å². The number of rotatable bonds is 2. The summed E-state index contributed by atoms with van der Waals surface area (Å²) in [6.07, 6.45) is 0. The molecule has 1 aromatic carbocycles. The quantitative estimate of drug-likeness (QED) is 0.610. The smallest absolute Gasteiger partial charge is 0.271 e. The number of anilines is 1. The molecule has 0 radical (unpaired) electrons. The number of non-ortho nitro benzene ring substituents is 1. The van der Waals surface area contributed by atoms with Crippen LogP contribution in [-0.4, -0.2) is 12.0 Å². The van der Waals surface area contributed by atoms with Gasteiger partial charge in [0.05, 0.1) is 15.6 Å². The lowest BCUT2D eigenvalue weighted by atomic mass is 10.3. The van der Waals surface area contributed by atoms with E-state index in [0.29, 0.717) is 10.7 Å². The van der Waals surface area contributed by atoms with E-state index in [4.69, 9.17) is 11.6 Å². The van der Waals surface area contributed by atoms with Gasteiger partial charge in [0.25, 0.3) is 5.69 Å². The summed E-state index contributed by atoms with van der Waals surface area (Å²) in [5.74, 6) is 0. The molecule has 0 saturated heterocycles. The first-order valence-corrected chi connectivity index (χ1v) is 4.64. The van der Waals surface area contributed by atoms with E-state index in [1.165, 1.54) is 12.1 Å². The average molecular weight is 217 g/mol. The molecule has 0 heterocycles. The van der Waals surface area contributed by atoms with Crippen molar-refractivity contribution in [2.24, 2.45) is 0 Å². The second-order valence-corrected chi connectivity index (χ2v) is 2.58. The maximum atomic E-state index is 10.3. The Balaban J connectivity index is 0.000000791. The highest BCUT2D eigenvalue weighted by atomic mass is 35.5. The molecule has 14 heavy (non-hydrogen) atoms. The van der Waals surface area contributed by atoms with Gasteiger partial charge in [0, 0.05) is 19.2 Å². The fourth-order valence-corrected chi connectivity index (χ4v) is 1.09. The molecule has 5 heteroatoms. The van der Waals surface area contributed by atoms with Gasteiger partial charge in [-0.2, -0.15) is 0 Å². The van der Waals surface area contributed by atoms with Gasteiger partial charge < -0.3 is 5.32 Å². The molecule has 0 bridgehead atoms. The SMILES string of the molecule is CC.CNc1ccc([N+](=O)[O-])cc1Cl. The molecule has 4 nitrogen and oxygen atoms in total. The van der Waals surface area contributed by atoms with Gasteiger partial charge in [0.1, 0.15) is 0 Å². The molecule has 0 amide bonds. The van der Waals surface area contributed by atoms with E-state index >= 15 is 0 Å². The van der Waals surface area contributed by atoms with Crippen molar-refractivity contribution in [3.8, 4) is 0 Å². The summed E-state index contributed by atoms with van der Waals surface area (Å²) in [5.41, 5.74) is 0.682. The molecule has 0 unspecified atom stereocenters. The van der Waals surface area contributed by atoms with Gasteiger partial charge in [0.2, 0.25) is 0 Å². The molecule has 0 aliphatic carbocycles. The Morgan fingerprint density at radius 3 is 2.36 bits per heavy atom. The zero-order chi connectivity index (χ0) is 11.1. The fourth-order valence-electron chi connectivity index (χ4n) is 0.820. The van der Waals surface area contributed by atoms with Crippen LogP contribution in [0.2, 0.25) is 5.02 Å². The molecule has 1 N–H and O–H groups in total. The molecule has 0 spiro atoms. The molecule has 1 rings (SSSR count). The van der Waals surface area contributed by atoms with E-state index in [0.717, 1.165) is 0 Å². The third-order valence-corrected chi connectivity index (χ3v) is 1.75. The predicted molar refractivity (Wildman–Crippen MR) is 59.0 cm³/mol. The monoisotopic (exact) mass is 216 g/mol. The Labute approximate surface area is 88.0 Å². The molecule has 0 aliphatic rings. The normalized spacial score (nSPS) is 8.57. The van der Waals surface area contributed by atoms with Crippen LogP contribution in [0.25, 0.3) is 0 Å². The van der Waals surface area contributed by atoms with Crippen molar-refractivity contribution in [1.82, 2.24) is 0 Å². The van der Waals surface area contributed by atoms with Gasteiger partial charge in [0.15, 0.2) is 0 Å². The first-order valence-electron chi connectivity index (χ1n) is 4.27. The van der Waals surface area contributed by atoms with E-state index in [2.05, 4.69) is 5.32 Å². The maximum Gasteiger partial charge on any atom is 0.271 e. The first kappa shape index (κ1) is 12.7. The molecule has 0 atom stereocenters. The van der Waals surface area contributed by atoms with Crippen molar-refractivity contribution in [2.75, 3.05) is 12.4 Å². The second-order valence-electron chi connectivity index (χ2n) is 2.17. The van der Waals surface area contributed by atoms with Gasteiger partial charge in [-0.05, 0) is 6.07 Å². The topological polar surface area (TPSA) is 55.2 Å². The highest BCUT2D eigenvalue weighted by molar-refractivity contribution is 6.33. The zero-order valence-corrected chi connectivity index (χ0v) is 9.13. The number of nitro groups is 1. The van der Waals surface area contributed by atoms with Gasteiger partial charge in [-0.1, -0.05) is 25.4 Å². The summed E-state index contributed by atoms with van der Waals surface area (Å²) in [4.78, 5) is 9.80. The number of halogens is 1. The molecular formula is C9H13ClN2O2. The molecule has 0 aromatic heterocycles. The Morgan fingerprint density at radius 1 is 1.43 bits per heavy atom. The van der Waals surface area contributed by atoms with Gasteiger partial charge in [-0.15, -0.1) is 0 Å². The Bertz CT molecular complexity index is 316. The Kier molecular flexibility index (Phi) is 5.64. The second kappa shape index (κ2) is 6.21. The van der Waals surface area contributed by atoms with E-state index < -0.39 is 4.92 Å². The van der Waals surface area contributed by atoms with Gasteiger partial charge in [-0.25, -0.2) is 0 Å². The predicted octanol–water partition coefficient (Wildman–Crippen LogP) is 3.32. The molecule has 78 valence electrons. The Hall–Kier alpha value is -1.29. The minimum Gasteiger partial charge on any atom is -0.387 e. The van der Waals surface area contributed by atoms with E-state index in [1.807, 2.05) is 13.8 Å². The lowest BCUT2D eigenvalue weighted by Crippen LogP contribution is -1.91. The lowest BCUT2D eigenvalue weighted by Gasteiger charge is -2.01. The van der Waals surface area contributed by atoms with Crippen LogP contribution in [0.4, 0.5) is 11.4 Å². The number of hydrogen-bond acceptors (Lipinski definition) is 3. The van der Waals surface area contributed by atoms with E-state index in [1.54, 1.807) is 13.1 Å². The summed E-state index contributed by atoms with van der Waals surface area (Å²) < 4.78 is 0. The molecular weight excluding hydrogens is 204 g/mol. The summed E-state index contributed by atoms with van der Waals surface area (Å²) in [7, 11) is 1.70. The third-order valence-electron chi connectivity index (χ3n) is 1.43. The number of benzene rings is 1. The standard InChI is InChI=1S/C7H7ClN2O2.C2H6/c1-9-7-3-2-5(10(11)12)4-6(7)8;1-2/h2-4,9H,1H3;1-2H3.